The Balaban J connectivity index is 2.56. The monoisotopic (exact) mass is 272 g/mol. The third-order valence-electron chi connectivity index (χ3n) is 2.19. The van der Waals surface area contributed by atoms with Crippen molar-refractivity contribution in [2.75, 3.05) is 13.7 Å². The van der Waals surface area contributed by atoms with Gasteiger partial charge >= 0.3 is 0 Å². The molecule has 0 fully saturated rings. The third-order valence-corrected chi connectivity index (χ3v) is 2.69. The summed E-state index contributed by atoms with van der Waals surface area (Å²) in [7, 11) is 1.71. The summed E-state index contributed by atoms with van der Waals surface area (Å²) in [5, 5.41) is 0. The number of hydrogen-bond acceptors (Lipinski definition) is 2. The zero-order chi connectivity index (χ0) is 11.3. The summed E-state index contributed by atoms with van der Waals surface area (Å²) in [4.78, 5) is 0. The highest BCUT2D eigenvalue weighted by Crippen LogP contribution is 2.23. The molecule has 2 nitrogen and oxygen atoms in total. The van der Waals surface area contributed by atoms with Crippen molar-refractivity contribution in [3.63, 3.8) is 0 Å². The molecule has 1 unspecified atom stereocenters. The van der Waals surface area contributed by atoms with Gasteiger partial charge in [0.05, 0.1) is 6.10 Å². The Kier molecular flexibility index (Phi) is 5.12. The van der Waals surface area contributed by atoms with Crippen LogP contribution in [-0.4, -0.2) is 19.8 Å². The van der Waals surface area contributed by atoms with E-state index in [1.165, 1.54) is 0 Å². The molecule has 15 heavy (non-hydrogen) atoms. The molecule has 1 aromatic carbocycles. The molecule has 0 aliphatic carbocycles. The summed E-state index contributed by atoms with van der Waals surface area (Å²) in [6, 6.07) is 6.03. The maximum Gasteiger partial charge on any atom is 0.122 e. The Bertz CT molecular complexity index is 312. The largest absolute Gasteiger partial charge is 0.490 e. The van der Waals surface area contributed by atoms with Crippen LogP contribution < -0.4 is 4.74 Å². The minimum Gasteiger partial charge on any atom is -0.490 e. The lowest BCUT2D eigenvalue weighted by atomic mass is 10.2. The van der Waals surface area contributed by atoms with E-state index in [1.54, 1.807) is 7.11 Å². The van der Waals surface area contributed by atoms with Gasteiger partial charge in [-0.1, -0.05) is 15.9 Å². The van der Waals surface area contributed by atoms with Crippen molar-refractivity contribution in [3.05, 3.63) is 28.2 Å². The van der Waals surface area contributed by atoms with Gasteiger partial charge in [0, 0.05) is 24.6 Å². The van der Waals surface area contributed by atoms with Gasteiger partial charge in [-0.05, 0) is 37.6 Å². The molecule has 1 aromatic rings. The van der Waals surface area contributed by atoms with E-state index in [1.807, 2.05) is 19.1 Å². The zero-order valence-electron chi connectivity index (χ0n) is 9.42. The number of halogens is 1. The van der Waals surface area contributed by atoms with Crippen LogP contribution in [-0.2, 0) is 4.74 Å². The highest BCUT2D eigenvalue weighted by atomic mass is 79.9. The smallest absolute Gasteiger partial charge is 0.122 e. The summed E-state index contributed by atoms with van der Waals surface area (Å²) in [5.74, 6) is 0.946. The van der Waals surface area contributed by atoms with E-state index in [4.69, 9.17) is 9.47 Å². The lowest BCUT2D eigenvalue weighted by Gasteiger charge is -2.16. The van der Waals surface area contributed by atoms with Crippen LogP contribution in [0.25, 0.3) is 0 Å². The van der Waals surface area contributed by atoms with Gasteiger partial charge in [-0.15, -0.1) is 0 Å². The van der Waals surface area contributed by atoms with Crippen LogP contribution in [0, 0.1) is 6.92 Å². The van der Waals surface area contributed by atoms with E-state index in [-0.39, 0.29) is 6.10 Å². The molecule has 3 heteroatoms. The van der Waals surface area contributed by atoms with Gasteiger partial charge in [0.25, 0.3) is 0 Å². The molecule has 0 radical (unpaired) electrons. The summed E-state index contributed by atoms with van der Waals surface area (Å²) in [6.07, 6.45) is 1.09. The van der Waals surface area contributed by atoms with E-state index >= 15 is 0 Å². The number of aryl methyl sites for hydroxylation is 1. The Morgan fingerprint density at radius 1 is 1.40 bits per heavy atom. The first kappa shape index (κ1) is 12.5. The molecule has 0 N–H and O–H groups in total. The molecular weight excluding hydrogens is 256 g/mol. The van der Waals surface area contributed by atoms with Gasteiger partial charge in [0.1, 0.15) is 5.75 Å². The van der Waals surface area contributed by atoms with Crippen LogP contribution in [0.3, 0.4) is 0 Å². The molecule has 0 saturated carbocycles. The highest BCUT2D eigenvalue weighted by Gasteiger charge is 2.06. The SMILES string of the molecule is COCCC(C)Oc1ccc(Br)cc1C. The summed E-state index contributed by atoms with van der Waals surface area (Å²) >= 11 is 3.43. The normalized spacial score (nSPS) is 12.5. The van der Waals surface area contributed by atoms with Gasteiger partial charge in [-0.3, -0.25) is 0 Å². The van der Waals surface area contributed by atoms with E-state index in [0.29, 0.717) is 0 Å². The van der Waals surface area contributed by atoms with Crippen molar-refractivity contribution >= 4 is 15.9 Å². The molecule has 0 bridgehead atoms. The fourth-order valence-electron chi connectivity index (χ4n) is 1.30. The van der Waals surface area contributed by atoms with Gasteiger partial charge in [-0.25, -0.2) is 0 Å². The average Bonchev–Trinajstić information content (AvgIpc) is 2.19. The number of rotatable bonds is 5. The molecule has 0 amide bonds. The van der Waals surface area contributed by atoms with Crippen molar-refractivity contribution in [1.29, 1.82) is 0 Å². The van der Waals surface area contributed by atoms with E-state index < -0.39 is 0 Å². The topological polar surface area (TPSA) is 18.5 Å². The number of benzene rings is 1. The minimum atomic E-state index is 0.185. The van der Waals surface area contributed by atoms with Crippen LogP contribution in [0.1, 0.15) is 18.9 Å². The molecule has 1 rings (SSSR count). The highest BCUT2D eigenvalue weighted by molar-refractivity contribution is 9.10. The zero-order valence-corrected chi connectivity index (χ0v) is 11.0. The maximum atomic E-state index is 5.80. The first-order valence-electron chi connectivity index (χ1n) is 5.05. The summed E-state index contributed by atoms with van der Waals surface area (Å²) in [5.41, 5.74) is 1.15. The van der Waals surface area contributed by atoms with Gasteiger partial charge < -0.3 is 9.47 Å². The predicted octanol–water partition coefficient (Wildman–Crippen LogP) is 3.56. The first-order chi connectivity index (χ1) is 7.13. The van der Waals surface area contributed by atoms with Crippen molar-refractivity contribution in [1.82, 2.24) is 0 Å². The standard InChI is InChI=1S/C12H17BrO2/c1-9-8-11(13)4-5-12(9)15-10(2)6-7-14-3/h4-5,8,10H,6-7H2,1-3H3. The van der Waals surface area contributed by atoms with E-state index in [0.717, 1.165) is 28.8 Å². The van der Waals surface area contributed by atoms with Crippen molar-refractivity contribution in [3.8, 4) is 5.75 Å². The Hall–Kier alpha value is -0.540. The van der Waals surface area contributed by atoms with Crippen molar-refractivity contribution in [2.24, 2.45) is 0 Å². The Morgan fingerprint density at radius 3 is 2.73 bits per heavy atom. The van der Waals surface area contributed by atoms with Crippen LogP contribution in [0.5, 0.6) is 5.75 Å². The number of methoxy groups -OCH3 is 1. The molecule has 0 aliphatic rings. The molecule has 1 atom stereocenters. The van der Waals surface area contributed by atoms with Crippen LogP contribution in [0.15, 0.2) is 22.7 Å². The average molecular weight is 273 g/mol. The van der Waals surface area contributed by atoms with E-state index in [2.05, 4.69) is 28.9 Å². The fraction of sp³-hybridized carbons (Fsp3) is 0.500. The van der Waals surface area contributed by atoms with Crippen LogP contribution in [0.2, 0.25) is 0 Å². The predicted molar refractivity (Wildman–Crippen MR) is 65.5 cm³/mol. The molecular formula is C12H17BrO2. The summed E-state index contributed by atoms with van der Waals surface area (Å²) < 4.78 is 11.9. The molecule has 84 valence electrons. The minimum absolute atomic E-state index is 0.185. The van der Waals surface area contributed by atoms with Gasteiger partial charge in [0.15, 0.2) is 0 Å². The molecule has 0 saturated heterocycles. The molecule has 0 heterocycles. The lowest BCUT2D eigenvalue weighted by molar-refractivity contribution is 0.135. The number of ether oxygens (including phenoxy) is 2. The second-order valence-corrected chi connectivity index (χ2v) is 4.54. The Labute approximate surface area is 99.7 Å². The Morgan fingerprint density at radius 2 is 2.13 bits per heavy atom. The fourth-order valence-corrected chi connectivity index (χ4v) is 1.78. The molecule has 0 spiro atoms. The number of hydrogen-bond donors (Lipinski definition) is 0. The van der Waals surface area contributed by atoms with Crippen LogP contribution >= 0.6 is 15.9 Å². The van der Waals surface area contributed by atoms with Crippen LogP contribution in [0.4, 0.5) is 0 Å². The lowest BCUT2D eigenvalue weighted by Crippen LogP contribution is -2.14. The van der Waals surface area contributed by atoms with Gasteiger partial charge in [0.2, 0.25) is 0 Å². The van der Waals surface area contributed by atoms with Gasteiger partial charge in [-0.2, -0.15) is 0 Å². The third kappa shape index (κ3) is 4.22. The quantitative estimate of drug-likeness (QED) is 0.816. The second kappa shape index (κ2) is 6.13. The van der Waals surface area contributed by atoms with E-state index in [9.17, 15) is 0 Å². The van der Waals surface area contributed by atoms with Crippen molar-refractivity contribution in [2.45, 2.75) is 26.4 Å². The molecule has 0 aromatic heterocycles. The molecule has 0 aliphatic heterocycles. The maximum absolute atomic E-state index is 5.80. The van der Waals surface area contributed by atoms with Crippen molar-refractivity contribution < 1.29 is 9.47 Å². The summed E-state index contributed by atoms with van der Waals surface area (Å²) in [6.45, 7) is 4.83. The first-order valence-corrected chi connectivity index (χ1v) is 5.84. The second-order valence-electron chi connectivity index (χ2n) is 3.62.